The third-order valence-electron chi connectivity index (χ3n) is 4.09. The van der Waals surface area contributed by atoms with Crippen LogP contribution in [-0.2, 0) is 9.53 Å². The van der Waals surface area contributed by atoms with Crippen LogP contribution in [0.3, 0.4) is 0 Å². The lowest BCUT2D eigenvalue weighted by atomic mass is 10.0. The zero-order valence-corrected chi connectivity index (χ0v) is 14.7. The number of hydrogen-bond donors (Lipinski definition) is 0. The largest absolute Gasteiger partial charge is 0.426 e. The fourth-order valence-electron chi connectivity index (χ4n) is 2.71. The van der Waals surface area contributed by atoms with Crippen molar-refractivity contribution in [2.24, 2.45) is 0 Å². The molecule has 0 bridgehead atoms. The van der Waals surface area contributed by atoms with Gasteiger partial charge in [-0.3, -0.25) is 4.79 Å². The molecule has 0 unspecified atom stereocenters. The van der Waals surface area contributed by atoms with Crippen LogP contribution in [0.4, 0.5) is 0 Å². The Labute approximate surface area is 144 Å². The summed E-state index contributed by atoms with van der Waals surface area (Å²) in [5.74, 6) is 0.316. The molecule has 3 heteroatoms. The number of rotatable bonds is 8. The first-order valence-electron chi connectivity index (χ1n) is 8.60. The fourth-order valence-corrected chi connectivity index (χ4v) is 2.71. The molecule has 128 valence electrons. The SMILES string of the molecule is CC[C@@H](CC(=O)Oc1ccccc1)O[C@H](CC)c1ccccc1C. The topological polar surface area (TPSA) is 35.5 Å². The second kappa shape index (κ2) is 9.24. The molecule has 0 fully saturated rings. The van der Waals surface area contributed by atoms with Gasteiger partial charge in [0.05, 0.1) is 18.6 Å². The molecule has 0 spiro atoms. The average Bonchev–Trinajstić information content (AvgIpc) is 2.60. The van der Waals surface area contributed by atoms with Gasteiger partial charge < -0.3 is 9.47 Å². The Morgan fingerprint density at radius 1 is 0.958 bits per heavy atom. The number of aryl methyl sites for hydroxylation is 1. The third kappa shape index (κ3) is 5.20. The van der Waals surface area contributed by atoms with E-state index in [0.717, 1.165) is 12.8 Å². The van der Waals surface area contributed by atoms with E-state index in [1.54, 1.807) is 12.1 Å². The molecule has 24 heavy (non-hydrogen) atoms. The highest BCUT2D eigenvalue weighted by Gasteiger charge is 2.20. The van der Waals surface area contributed by atoms with Crippen molar-refractivity contribution in [1.29, 1.82) is 0 Å². The van der Waals surface area contributed by atoms with Gasteiger partial charge in [-0.1, -0.05) is 56.3 Å². The summed E-state index contributed by atoms with van der Waals surface area (Å²) < 4.78 is 11.6. The van der Waals surface area contributed by atoms with Crippen LogP contribution >= 0.6 is 0 Å². The Morgan fingerprint density at radius 3 is 2.25 bits per heavy atom. The molecule has 0 saturated heterocycles. The smallest absolute Gasteiger partial charge is 0.313 e. The molecule has 0 saturated carbocycles. The van der Waals surface area contributed by atoms with Crippen LogP contribution < -0.4 is 4.74 Å². The van der Waals surface area contributed by atoms with Crippen molar-refractivity contribution < 1.29 is 14.3 Å². The summed E-state index contributed by atoms with van der Waals surface area (Å²) in [5.41, 5.74) is 2.40. The summed E-state index contributed by atoms with van der Waals surface area (Å²) in [7, 11) is 0. The summed E-state index contributed by atoms with van der Waals surface area (Å²) in [6, 6.07) is 17.4. The van der Waals surface area contributed by atoms with Crippen LogP contribution in [0.1, 0.15) is 50.3 Å². The average molecular weight is 326 g/mol. The molecule has 3 nitrogen and oxygen atoms in total. The number of ether oxygens (including phenoxy) is 2. The summed E-state index contributed by atoms with van der Waals surface area (Å²) in [4.78, 5) is 12.2. The molecule has 0 heterocycles. The molecule has 2 atom stereocenters. The van der Waals surface area contributed by atoms with E-state index in [1.807, 2.05) is 37.3 Å². The predicted molar refractivity (Wildman–Crippen MR) is 96.1 cm³/mol. The van der Waals surface area contributed by atoms with Crippen LogP contribution in [0, 0.1) is 6.92 Å². The van der Waals surface area contributed by atoms with E-state index in [1.165, 1.54) is 11.1 Å². The normalized spacial score (nSPS) is 13.3. The van der Waals surface area contributed by atoms with Gasteiger partial charge >= 0.3 is 5.97 Å². The highest BCUT2D eigenvalue weighted by molar-refractivity contribution is 5.72. The summed E-state index contributed by atoms with van der Waals surface area (Å²) in [5, 5.41) is 0. The van der Waals surface area contributed by atoms with Crippen molar-refractivity contribution >= 4 is 5.97 Å². The predicted octanol–water partition coefficient (Wildman–Crippen LogP) is 5.24. The van der Waals surface area contributed by atoms with E-state index < -0.39 is 0 Å². The Kier molecular flexibility index (Phi) is 7.01. The van der Waals surface area contributed by atoms with Crippen molar-refractivity contribution in [2.45, 2.75) is 52.2 Å². The second-order valence-electron chi connectivity index (χ2n) is 5.91. The Morgan fingerprint density at radius 2 is 1.62 bits per heavy atom. The molecule has 0 N–H and O–H groups in total. The van der Waals surface area contributed by atoms with Gasteiger partial charge in [-0.2, -0.15) is 0 Å². The maximum atomic E-state index is 12.2. The lowest BCUT2D eigenvalue weighted by Crippen LogP contribution is -2.22. The molecule has 0 amide bonds. The Hall–Kier alpha value is -2.13. The van der Waals surface area contributed by atoms with Crippen molar-refractivity contribution in [1.82, 2.24) is 0 Å². The van der Waals surface area contributed by atoms with Gasteiger partial charge in [-0.15, -0.1) is 0 Å². The maximum absolute atomic E-state index is 12.2. The van der Waals surface area contributed by atoms with Crippen LogP contribution in [0.5, 0.6) is 5.75 Å². The molecule has 2 aromatic carbocycles. The third-order valence-corrected chi connectivity index (χ3v) is 4.09. The van der Waals surface area contributed by atoms with E-state index >= 15 is 0 Å². The molecule has 2 aromatic rings. The molecule has 0 aliphatic carbocycles. The van der Waals surface area contributed by atoms with Crippen molar-refractivity contribution in [3.63, 3.8) is 0 Å². The molecule has 0 radical (unpaired) electrons. The van der Waals surface area contributed by atoms with Crippen molar-refractivity contribution in [3.8, 4) is 5.75 Å². The van der Waals surface area contributed by atoms with Crippen LogP contribution in [0.2, 0.25) is 0 Å². The minimum atomic E-state index is -0.257. The monoisotopic (exact) mass is 326 g/mol. The first-order chi connectivity index (χ1) is 11.6. The second-order valence-corrected chi connectivity index (χ2v) is 5.91. The highest BCUT2D eigenvalue weighted by atomic mass is 16.5. The van der Waals surface area contributed by atoms with E-state index in [-0.39, 0.29) is 24.6 Å². The van der Waals surface area contributed by atoms with E-state index in [4.69, 9.17) is 9.47 Å². The van der Waals surface area contributed by atoms with E-state index in [0.29, 0.717) is 5.75 Å². The van der Waals surface area contributed by atoms with Crippen molar-refractivity contribution in [3.05, 3.63) is 65.7 Å². The maximum Gasteiger partial charge on any atom is 0.313 e. The minimum Gasteiger partial charge on any atom is -0.426 e. The zero-order chi connectivity index (χ0) is 17.4. The zero-order valence-electron chi connectivity index (χ0n) is 14.7. The van der Waals surface area contributed by atoms with Gasteiger partial charge in [0.2, 0.25) is 0 Å². The quantitative estimate of drug-likeness (QED) is 0.492. The van der Waals surface area contributed by atoms with Crippen molar-refractivity contribution in [2.75, 3.05) is 0 Å². The molecular weight excluding hydrogens is 300 g/mol. The van der Waals surface area contributed by atoms with Crippen LogP contribution in [0.15, 0.2) is 54.6 Å². The summed E-state index contributed by atoms with van der Waals surface area (Å²) >= 11 is 0. The lowest BCUT2D eigenvalue weighted by molar-refractivity contribution is -0.139. The number of para-hydroxylation sites is 1. The van der Waals surface area contributed by atoms with Gasteiger partial charge in [0, 0.05) is 0 Å². The Balaban J connectivity index is 1.97. The van der Waals surface area contributed by atoms with E-state index in [2.05, 4.69) is 26.0 Å². The molecule has 0 aromatic heterocycles. The number of benzene rings is 2. The first kappa shape index (κ1) is 18.2. The number of hydrogen-bond acceptors (Lipinski definition) is 3. The Bertz CT molecular complexity index is 637. The number of carbonyl (C=O) groups excluding carboxylic acids is 1. The molecule has 2 rings (SSSR count). The number of esters is 1. The fraction of sp³-hybridized carbons (Fsp3) is 0.381. The van der Waals surface area contributed by atoms with Gasteiger partial charge in [-0.05, 0) is 43.0 Å². The first-order valence-corrected chi connectivity index (χ1v) is 8.60. The van der Waals surface area contributed by atoms with Crippen LogP contribution in [-0.4, -0.2) is 12.1 Å². The molecule has 0 aliphatic rings. The van der Waals surface area contributed by atoms with Crippen LogP contribution in [0.25, 0.3) is 0 Å². The lowest BCUT2D eigenvalue weighted by Gasteiger charge is -2.24. The minimum absolute atomic E-state index is 0.000625. The molecular formula is C21H26O3. The van der Waals surface area contributed by atoms with Gasteiger partial charge in [0.1, 0.15) is 5.75 Å². The molecule has 0 aliphatic heterocycles. The standard InChI is InChI=1S/C21H26O3/c1-4-17(15-21(22)24-18-12-7-6-8-13-18)23-20(5-2)19-14-10-9-11-16(19)3/h6-14,17,20H,4-5,15H2,1-3H3/t17-,20+/m0/s1. The number of carbonyl (C=O) groups is 1. The van der Waals surface area contributed by atoms with E-state index in [9.17, 15) is 4.79 Å². The van der Waals surface area contributed by atoms with Gasteiger partial charge in [0.25, 0.3) is 0 Å². The van der Waals surface area contributed by atoms with Gasteiger partial charge in [-0.25, -0.2) is 0 Å². The highest BCUT2D eigenvalue weighted by Crippen LogP contribution is 2.27. The summed E-state index contributed by atoms with van der Waals surface area (Å²) in [6.07, 6.45) is 1.75. The summed E-state index contributed by atoms with van der Waals surface area (Å²) in [6.45, 7) is 6.23. The van der Waals surface area contributed by atoms with Gasteiger partial charge in [0.15, 0.2) is 0 Å².